The molecule has 1 aromatic heterocycles. The predicted molar refractivity (Wildman–Crippen MR) is 118 cm³/mol. The molecule has 0 unspecified atom stereocenters. The standard InChI is InChI=1S/C22H30FN7O3/c1-28-18-6-4-14(11-17(18)26-27-28)12-25-21(32)19-3-2-9-30(19)22(33)16(24)5-7-20(31)29-10-8-15(23)13-29/h4,6,11,15-16,19H,2-3,5,7-10,12-13,24H2,1H3,(H,25,32)/t15-,16+,19-/m0/s1. The third kappa shape index (κ3) is 5.13. The van der Waals surface area contributed by atoms with Gasteiger partial charge in [0.05, 0.1) is 18.1 Å². The van der Waals surface area contributed by atoms with Gasteiger partial charge in [-0.3, -0.25) is 14.4 Å². The van der Waals surface area contributed by atoms with Crippen LogP contribution in [-0.4, -0.2) is 80.4 Å². The molecule has 3 amide bonds. The minimum Gasteiger partial charge on any atom is -0.350 e. The van der Waals surface area contributed by atoms with Gasteiger partial charge in [0.1, 0.15) is 17.7 Å². The van der Waals surface area contributed by atoms with E-state index in [-0.39, 0.29) is 37.1 Å². The van der Waals surface area contributed by atoms with Crippen molar-refractivity contribution in [1.82, 2.24) is 30.1 Å². The number of halogens is 1. The number of rotatable bonds is 7. The van der Waals surface area contributed by atoms with Crippen molar-refractivity contribution >= 4 is 28.8 Å². The first-order chi connectivity index (χ1) is 15.8. The molecule has 2 aliphatic heterocycles. The van der Waals surface area contributed by atoms with Gasteiger partial charge in [-0.05, 0) is 43.4 Å². The largest absolute Gasteiger partial charge is 0.350 e. The molecule has 0 saturated carbocycles. The average molecular weight is 460 g/mol. The Morgan fingerprint density at radius 2 is 2.09 bits per heavy atom. The molecule has 178 valence electrons. The zero-order chi connectivity index (χ0) is 23.5. The molecule has 0 spiro atoms. The number of hydrogen-bond donors (Lipinski definition) is 2. The summed E-state index contributed by atoms with van der Waals surface area (Å²) in [6.07, 6.45) is 0.928. The second-order valence-electron chi connectivity index (χ2n) is 8.81. The van der Waals surface area contributed by atoms with Crippen molar-refractivity contribution < 1.29 is 18.8 Å². The van der Waals surface area contributed by atoms with E-state index in [0.29, 0.717) is 38.9 Å². The molecule has 2 aliphatic rings. The van der Waals surface area contributed by atoms with Crippen LogP contribution in [-0.2, 0) is 28.0 Å². The van der Waals surface area contributed by atoms with E-state index in [1.165, 1.54) is 9.80 Å². The number of alkyl halides is 1. The monoisotopic (exact) mass is 459 g/mol. The normalized spacial score (nSPS) is 21.5. The molecule has 3 atom stereocenters. The molecule has 2 fully saturated rings. The van der Waals surface area contributed by atoms with Crippen LogP contribution in [0.4, 0.5) is 4.39 Å². The highest BCUT2D eigenvalue weighted by molar-refractivity contribution is 5.90. The third-order valence-corrected chi connectivity index (χ3v) is 6.45. The van der Waals surface area contributed by atoms with Gasteiger partial charge in [-0.15, -0.1) is 5.10 Å². The van der Waals surface area contributed by atoms with Crippen molar-refractivity contribution in [2.75, 3.05) is 19.6 Å². The summed E-state index contributed by atoms with van der Waals surface area (Å²) in [6.45, 7) is 1.29. The van der Waals surface area contributed by atoms with Gasteiger partial charge in [0, 0.05) is 33.1 Å². The lowest BCUT2D eigenvalue weighted by Crippen LogP contribution is -2.51. The van der Waals surface area contributed by atoms with E-state index in [1.807, 2.05) is 25.2 Å². The number of fused-ring (bicyclic) bond motifs is 1. The Morgan fingerprint density at radius 1 is 1.27 bits per heavy atom. The van der Waals surface area contributed by atoms with E-state index < -0.39 is 18.3 Å². The highest BCUT2D eigenvalue weighted by Gasteiger charge is 2.36. The highest BCUT2D eigenvalue weighted by Crippen LogP contribution is 2.20. The highest BCUT2D eigenvalue weighted by atomic mass is 19.1. The van der Waals surface area contributed by atoms with Crippen LogP contribution < -0.4 is 11.1 Å². The number of hydrogen-bond acceptors (Lipinski definition) is 6. The number of aromatic nitrogens is 3. The topological polar surface area (TPSA) is 126 Å². The van der Waals surface area contributed by atoms with Gasteiger partial charge in [-0.2, -0.15) is 0 Å². The molecule has 0 bridgehead atoms. The molecule has 10 nitrogen and oxygen atoms in total. The minimum atomic E-state index is -0.976. The Hall–Kier alpha value is -3.08. The molecule has 4 rings (SSSR count). The maximum atomic E-state index is 13.3. The number of benzene rings is 1. The van der Waals surface area contributed by atoms with E-state index in [4.69, 9.17) is 5.73 Å². The van der Waals surface area contributed by atoms with E-state index in [2.05, 4.69) is 15.6 Å². The summed E-state index contributed by atoms with van der Waals surface area (Å²) in [4.78, 5) is 40.9. The molecule has 1 aromatic carbocycles. The van der Waals surface area contributed by atoms with Crippen LogP contribution >= 0.6 is 0 Å². The predicted octanol–water partition coefficient (Wildman–Crippen LogP) is 0.253. The lowest BCUT2D eigenvalue weighted by atomic mass is 10.1. The summed E-state index contributed by atoms with van der Waals surface area (Å²) in [5.41, 5.74) is 8.61. The first-order valence-corrected chi connectivity index (χ1v) is 11.4. The summed E-state index contributed by atoms with van der Waals surface area (Å²) in [5.74, 6) is -0.741. The van der Waals surface area contributed by atoms with E-state index in [1.54, 1.807) is 4.68 Å². The molecule has 2 aromatic rings. The van der Waals surface area contributed by atoms with Gasteiger partial charge in [0.2, 0.25) is 17.7 Å². The fourth-order valence-corrected chi connectivity index (χ4v) is 4.52. The van der Waals surface area contributed by atoms with Gasteiger partial charge >= 0.3 is 0 Å². The zero-order valence-corrected chi connectivity index (χ0v) is 18.7. The van der Waals surface area contributed by atoms with Crippen molar-refractivity contribution in [3.05, 3.63) is 23.8 Å². The smallest absolute Gasteiger partial charge is 0.243 e. The third-order valence-electron chi connectivity index (χ3n) is 6.45. The first kappa shape index (κ1) is 23.1. The van der Waals surface area contributed by atoms with Crippen LogP contribution in [0.2, 0.25) is 0 Å². The Morgan fingerprint density at radius 3 is 2.85 bits per heavy atom. The van der Waals surface area contributed by atoms with Crippen molar-refractivity contribution in [3.63, 3.8) is 0 Å². The van der Waals surface area contributed by atoms with E-state index in [0.717, 1.165) is 16.6 Å². The van der Waals surface area contributed by atoms with Crippen molar-refractivity contribution in [3.8, 4) is 0 Å². The van der Waals surface area contributed by atoms with Crippen LogP contribution in [0.25, 0.3) is 11.0 Å². The SMILES string of the molecule is Cn1nnc2cc(CNC(=O)[C@@H]3CCCN3C(=O)[C@H](N)CCC(=O)N3CC[C@H](F)C3)ccc21. The van der Waals surface area contributed by atoms with E-state index >= 15 is 0 Å². The molecule has 3 N–H and O–H groups in total. The molecule has 11 heteroatoms. The molecule has 2 saturated heterocycles. The van der Waals surface area contributed by atoms with Crippen LogP contribution in [0.3, 0.4) is 0 Å². The molecule has 33 heavy (non-hydrogen) atoms. The van der Waals surface area contributed by atoms with Crippen molar-refractivity contribution in [1.29, 1.82) is 0 Å². The summed E-state index contributed by atoms with van der Waals surface area (Å²) in [5, 5.41) is 11.0. The number of amides is 3. The number of likely N-dealkylation sites (tertiary alicyclic amines) is 2. The van der Waals surface area contributed by atoms with Crippen molar-refractivity contribution in [2.45, 2.75) is 56.9 Å². The number of nitrogens with one attached hydrogen (secondary N) is 1. The first-order valence-electron chi connectivity index (χ1n) is 11.4. The lowest BCUT2D eigenvalue weighted by Gasteiger charge is -2.27. The fourth-order valence-electron chi connectivity index (χ4n) is 4.52. The number of aryl methyl sites for hydroxylation is 1. The summed E-state index contributed by atoms with van der Waals surface area (Å²) < 4.78 is 15.0. The van der Waals surface area contributed by atoms with Gasteiger partial charge in [-0.25, -0.2) is 9.07 Å². The maximum Gasteiger partial charge on any atom is 0.243 e. The molecular weight excluding hydrogens is 429 g/mol. The summed E-state index contributed by atoms with van der Waals surface area (Å²) >= 11 is 0. The fraction of sp³-hybridized carbons (Fsp3) is 0.591. The van der Waals surface area contributed by atoms with Crippen molar-refractivity contribution in [2.24, 2.45) is 12.8 Å². The second kappa shape index (κ2) is 9.82. The molecule has 0 aliphatic carbocycles. The maximum absolute atomic E-state index is 13.3. The Balaban J connectivity index is 1.28. The molecule has 0 radical (unpaired) electrons. The van der Waals surface area contributed by atoms with Crippen LogP contribution in [0.15, 0.2) is 18.2 Å². The van der Waals surface area contributed by atoms with Crippen LogP contribution in [0.1, 0.15) is 37.7 Å². The number of carbonyl (C=O) groups excluding carboxylic acids is 3. The van der Waals surface area contributed by atoms with Gasteiger partial charge in [-0.1, -0.05) is 11.3 Å². The zero-order valence-electron chi connectivity index (χ0n) is 18.7. The van der Waals surface area contributed by atoms with Gasteiger partial charge in [0.25, 0.3) is 0 Å². The Labute approximate surface area is 191 Å². The van der Waals surface area contributed by atoms with Crippen LogP contribution in [0.5, 0.6) is 0 Å². The lowest BCUT2D eigenvalue weighted by molar-refractivity contribution is -0.140. The second-order valence-corrected chi connectivity index (χ2v) is 8.81. The Kier molecular flexibility index (Phi) is 6.87. The summed E-state index contributed by atoms with van der Waals surface area (Å²) in [7, 11) is 1.81. The minimum absolute atomic E-state index is 0.0924. The molecule has 3 heterocycles. The summed E-state index contributed by atoms with van der Waals surface area (Å²) in [6, 6.07) is 4.23. The van der Waals surface area contributed by atoms with E-state index in [9.17, 15) is 18.8 Å². The van der Waals surface area contributed by atoms with Crippen LogP contribution in [0, 0.1) is 0 Å². The number of nitrogens with two attached hydrogens (primary N) is 1. The number of carbonyl (C=O) groups is 3. The van der Waals surface area contributed by atoms with Gasteiger partial charge in [0.15, 0.2) is 0 Å². The quantitative estimate of drug-likeness (QED) is 0.611. The molecular formula is C22H30FN7O3. The number of nitrogens with zero attached hydrogens (tertiary/aromatic N) is 5. The average Bonchev–Trinajstić information content (AvgIpc) is 3.55. The van der Waals surface area contributed by atoms with Gasteiger partial charge < -0.3 is 20.9 Å². The Bertz CT molecular complexity index is 1040.